The second kappa shape index (κ2) is 5.79. The van der Waals surface area contributed by atoms with Crippen LogP contribution in [-0.2, 0) is 19.4 Å². The van der Waals surface area contributed by atoms with Crippen molar-refractivity contribution in [1.82, 2.24) is 9.78 Å². The minimum atomic E-state index is 0.119. The van der Waals surface area contributed by atoms with Gasteiger partial charge in [-0.3, -0.25) is 14.6 Å². The van der Waals surface area contributed by atoms with Gasteiger partial charge in [0.15, 0.2) is 0 Å². The Labute approximate surface area is 91.5 Å². The van der Waals surface area contributed by atoms with Crippen LogP contribution in [0.5, 0.6) is 0 Å². The van der Waals surface area contributed by atoms with E-state index in [1.54, 1.807) is 0 Å². The molecule has 0 aliphatic rings. The molecule has 1 aromatic heterocycles. The van der Waals surface area contributed by atoms with Gasteiger partial charge in [0, 0.05) is 17.8 Å². The van der Waals surface area contributed by atoms with Crippen molar-refractivity contribution in [1.29, 1.82) is 0 Å². The topological polar surface area (TPSA) is 37.8 Å². The Morgan fingerprint density at radius 3 is 2.47 bits per heavy atom. The third-order valence-corrected chi connectivity index (χ3v) is 2.75. The third-order valence-electron chi connectivity index (χ3n) is 2.75. The van der Waals surface area contributed by atoms with Crippen molar-refractivity contribution in [2.24, 2.45) is 0 Å². The first kappa shape index (κ1) is 12.1. The number of unbranched alkanes of at least 4 members (excludes halogenated alkanes) is 1. The number of aryl methyl sites for hydroxylation is 1. The van der Waals surface area contributed by atoms with E-state index >= 15 is 0 Å². The first-order valence-electron chi connectivity index (χ1n) is 6.05. The highest BCUT2D eigenvalue weighted by molar-refractivity contribution is 5.18. The Balaban J connectivity index is 2.97. The van der Waals surface area contributed by atoms with E-state index in [2.05, 4.69) is 25.9 Å². The summed E-state index contributed by atoms with van der Waals surface area (Å²) in [6.07, 6.45) is 5.17. The molecular weight excluding hydrogens is 188 g/mol. The number of nitrogens with zero attached hydrogens (tertiary/aromatic N) is 1. The number of nitrogens with one attached hydrogen (secondary N) is 1. The fraction of sp³-hybridized carbons (Fsp3) is 0.750. The summed E-state index contributed by atoms with van der Waals surface area (Å²) in [5, 5.41) is 2.94. The van der Waals surface area contributed by atoms with Crippen molar-refractivity contribution >= 4 is 0 Å². The van der Waals surface area contributed by atoms with Crippen molar-refractivity contribution in [3.8, 4) is 0 Å². The summed E-state index contributed by atoms with van der Waals surface area (Å²) in [6, 6.07) is 0. The predicted octanol–water partition coefficient (Wildman–Crippen LogP) is 2.49. The molecule has 0 aliphatic carbocycles. The highest BCUT2D eigenvalue weighted by Gasteiger charge is 2.11. The first-order valence-corrected chi connectivity index (χ1v) is 6.05. The second-order valence-electron chi connectivity index (χ2n) is 3.97. The summed E-state index contributed by atoms with van der Waals surface area (Å²) in [5.41, 5.74) is 2.33. The van der Waals surface area contributed by atoms with Crippen LogP contribution in [0.3, 0.4) is 0 Å². The Hall–Kier alpha value is -0.990. The number of hydrogen-bond donors (Lipinski definition) is 1. The van der Waals surface area contributed by atoms with E-state index in [1.807, 2.05) is 4.68 Å². The summed E-state index contributed by atoms with van der Waals surface area (Å²) in [4.78, 5) is 11.7. The average Bonchev–Trinajstić information content (AvgIpc) is 2.52. The molecule has 0 saturated heterocycles. The van der Waals surface area contributed by atoms with Gasteiger partial charge in [0.2, 0.25) is 0 Å². The monoisotopic (exact) mass is 210 g/mol. The molecule has 3 nitrogen and oxygen atoms in total. The van der Waals surface area contributed by atoms with Gasteiger partial charge < -0.3 is 0 Å². The van der Waals surface area contributed by atoms with Crippen LogP contribution in [0.25, 0.3) is 0 Å². The van der Waals surface area contributed by atoms with Gasteiger partial charge in [-0.05, 0) is 25.7 Å². The maximum absolute atomic E-state index is 11.7. The average molecular weight is 210 g/mol. The largest absolute Gasteiger partial charge is 0.289 e. The summed E-state index contributed by atoms with van der Waals surface area (Å²) in [5.74, 6) is 0. The van der Waals surface area contributed by atoms with Crippen LogP contribution in [0.15, 0.2) is 4.79 Å². The number of aromatic amines is 1. The van der Waals surface area contributed by atoms with Gasteiger partial charge in [-0.15, -0.1) is 0 Å². The molecule has 0 saturated carbocycles. The van der Waals surface area contributed by atoms with E-state index in [0.29, 0.717) is 0 Å². The lowest BCUT2D eigenvalue weighted by molar-refractivity contribution is 0.572. The predicted molar refractivity (Wildman–Crippen MR) is 63.3 cm³/mol. The number of hydrogen-bond acceptors (Lipinski definition) is 1. The number of H-pyrrole nitrogens is 1. The molecule has 15 heavy (non-hydrogen) atoms. The minimum Gasteiger partial charge on any atom is -0.289 e. The minimum absolute atomic E-state index is 0.119. The lowest BCUT2D eigenvalue weighted by Crippen LogP contribution is -2.07. The maximum atomic E-state index is 11.7. The Morgan fingerprint density at radius 2 is 1.93 bits per heavy atom. The van der Waals surface area contributed by atoms with Gasteiger partial charge in [0.25, 0.3) is 5.56 Å². The van der Waals surface area contributed by atoms with Crippen LogP contribution < -0.4 is 5.56 Å². The zero-order chi connectivity index (χ0) is 11.3. The molecule has 1 N–H and O–H groups in total. The summed E-state index contributed by atoms with van der Waals surface area (Å²) in [6.45, 7) is 7.32. The standard InChI is InChI=1S/C12H22N2O/c1-4-7-8-10-11(6-3)14(9-5-2)13-12(10)15/h4-9H2,1-3H3,(H,13,15). The molecule has 0 bridgehead atoms. The molecule has 0 aromatic carbocycles. The molecule has 0 fully saturated rings. The normalized spacial score (nSPS) is 10.9. The van der Waals surface area contributed by atoms with Gasteiger partial charge >= 0.3 is 0 Å². The molecule has 0 unspecified atom stereocenters. The maximum Gasteiger partial charge on any atom is 0.267 e. The molecule has 3 heteroatoms. The van der Waals surface area contributed by atoms with E-state index in [9.17, 15) is 4.79 Å². The van der Waals surface area contributed by atoms with Gasteiger partial charge in [0.05, 0.1) is 0 Å². The highest BCUT2D eigenvalue weighted by Crippen LogP contribution is 2.09. The summed E-state index contributed by atoms with van der Waals surface area (Å²) < 4.78 is 2.02. The fourth-order valence-electron chi connectivity index (χ4n) is 1.98. The summed E-state index contributed by atoms with van der Waals surface area (Å²) in [7, 11) is 0. The highest BCUT2D eigenvalue weighted by atomic mass is 16.1. The Morgan fingerprint density at radius 1 is 1.20 bits per heavy atom. The van der Waals surface area contributed by atoms with E-state index < -0.39 is 0 Å². The second-order valence-corrected chi connectivity index (χ2v) is 3.97. The molecule has 86 valence electrons. The third kappa shape index (κ3) is 2.74. The van der Waals surface area contributed by atoms with Crippen molar-refractivity contribution < 1.29 is 0 Å². The zero-order valence-corrected chi connectivity index (χ0v) is 10.1. The molecule has 0 amide bonds. The van der Waals surface area contributed by atoms with Crippen LogP contribution in [-0.4, -0.2) is 9.78 Å². The fourth-order valence-corrected chi connectivity index (χ4v) is 1.98. The van der Waals surface area contributed by atoms with E-state index in [1.165, 1.54) is 5.69 Å². The quantitative estimate of drug-likeness (QED) is 0.769. The van der Waals surface area contributed by atoms with E-state index in [-0.39, 0.29) is 5.56 Å². The smallest absolute Gasteiger partial charge is 0.267 e. The SMILES string of the molecule is CCCCc1c(CC)n(CCC)[nH]c1=O. The van der Waals surface area contributed by atoms with Gasteiger partial charge in [-0.2, -0.15) is 0 Å². The molecule has 0 radical (unpaired) electrons. The van der Waals surface area contributed by atoms with E-state index in [0.717, 1.165) is 44.2 Å². The number of rotatable bonds is 6. The molecule has 1 heterocycles. The lowest BCUT2D eigenvalue weighted by Gasteiger charge is -2.06. The van der Waals surface area contributed by atoms with Crippen molar-refractivity contribution in [3.05, 3.63) is 21.6 Å². The van der Waals surface area contributed by atoms with Crippen LogP contribution in [0.2, 0.25) is 0 Å². The van der Waals surface area contributed by atoms with Crippen LogP contribution in [0, 0.1) is 0 Å². The first-order chi connectivity index (χ1) is 7.24. The van der Waals surface area contributed by atoms with Gasteiger partial charge in [0.1, 0.15) is 0 Å². The molecule has 1 rings (SSSR count). The lowest BCUT2D eigenvalue weighted by atomic mass is 10.1. The van der Waals surface area contributed by atoms with Crippen molar-refractivity contribution in [2.75, 3.05) is 0 Å². The Kier molecular flexibility index (Phi) is 4.66. The van der Waals surface area contributed by atoms with Gasteiger partial charge in [-0.1, -0.05) is 27.2 Å². The summed E-state index contributed by atoms with van der Waals surface area (Å²) >= 11 is 0. The molecule has 0 aliphatic heterocycles. The Bertz CT molecular complexity index is 349. The van der Waals surface area contributed by atoms with Gasteiger partial charge in [-0.25, -0.2) is 0 Å². The van der Waals surface area contributed by atoms with E-state index in [4.69, 9.17) is 0 Å². The molecule has 0 atom stereocenters. The van der Waals surface area contributed by atoms with Crippen LogP contribution in [0.4, 0.5) is 0 Å². The molecular formula is C12H22N2O. The molecule has 1 aromatic rings. The van der Waals surface area contributed by atoms with Crippen LogP contribution in [0.1, 0.15) is 51.3 Å². The van der Waals surface area contributed by atoms with Crippen LogP contribution >= 0.6 is 0 Å². The van der Waals surface area contributed by atoms with Crippen molar-refractivity contribution in [2.45, 2.75) is 59.4 Å². The molecule has 0 spiro atoms. The number of aromatic nitrogens is 2. The van der Waals surface area contributed by atoms with Crippen molar-refractivity contribution in [3.63, 3.8) is 0 Å². The zero-order valence-electron chi connectivity index (χ0n) is 10.1.